The second-order valence-electron chi connectivity index (χ2n) is 9.34. The zero-order valence-electron chi connectivity index (χ0n) is 18.7. The van der Waals surface area contributed by atoms with Gasteiger partial charge in [-0.15, -0.1) is 0 Å². The number of hydrogen-bond acceptors (Lipinski definition) is 5. The number of halogens is 1. The number of methoxy groups -OCH3 is 1. The van der Waals surface area contributed by atoms with Gasteiger partial charge in [0.2, 0.25) is 0 Å². The van der Waals surface area contributed by atoms with E-state index in [0.717, 1.165) is 25.7 Å². The van der Waals surface area contributed by atoms with Gasteiger partial charge in [0.25, 0.3) is 0 Å². The maximum absolute atomic E-state index is 13.7. The second-order valence-corrected chi connectivity index (χ2v) is 10.6. The topological polar surface area (TPSA) is 111 Å². The predicted molar refractivity (Wildman–Crippen MR) is 122 cm³/mol. The molecule has 0 unspecified atom stereocenters. The number of rotatable bonds is 8. The van der Waals surface area contributed by atoms with E-state index in [1.54, 1.807) is 6.07 Å². The molecule has 0 saturated heterocycles. The van der Waals surface area contributed by atoms with Crippen LogP contribution in [0.4, 0.5) is 4.39 Å². The molecule has 33 heavy (non-hydrogen) atoms. The molecule has 0 aromatic heterocycles. The van der Waals surface area contributed by atoms with E-state index in [1.807, 2.05) is 0 Å². The third kappa shape index (κ3) is 6.34. The van der Waals surface area contributed by atoms with E-state index in [2.05, 4.69) is 22.7 Å². The SMILES string of the molecule is COc1cc(F)cc(OC[C@@H]2CCc3cc([C@H]4CC[C@](N)(COP(=O)(O)O)C4)ccc3C2)c1. The summed E-state index contributed by atoms with van der Waals surface area (Å²) < 4.78 is 40.3. The molecule has 2 aliphatic carbocycles. The molecule has 0 radical (unpaired) electrons. The molecule has 0 bridgehead atoms. The van der Waals surface area contributed by atoms with Crippen molar-refractivity contribution in [2.24, 2.45) is 11.7 Å². The summed E-state index contributed by atoms with van der Waals surface area (Å²) in [5.41, 5.74) is 9.48. The number of phosphoric acid groups is 1. The number of fused-ring (bicyclic) bond motifs is 1. The maximum Gasteiger partial charge on any atom is 0.469 e. The Labute approximate surface area is 193 Å². The van der Waals surface area contributed by atoms with Gasteiger partial charge in [-0.1, -0.05) is 18.2 Å². The van der Waals surface area contributed by atoms with Gasteiger partial charge in [0.15, 0.2) is 0 Å². The van der Waals surface area contributed by atoms with Crippen molar-refractivity contribution in [2.45, 2.75) is 50.0 Å². The van der Waals surface area contributed by atoms with E-state index in [1.165, 1.54) is 35.9 Å². The van der Waals surface area contributed by atoms with Crippen LogP contribution in [0.2, 0.25) is 0 Å². The summed E-state index contributed by atoms with van der Waals surface area (Å²) >= 11 is 0. The number of hydrogen-bond donors (Lipinski definition) is 3. The summed E-state index contributed by atoms with van der Waals surface area (Å²) in [6.45, 7) is 0.378. The van der Waals surface area contributed by atoms with Crippen LogP contribution in [0.3, 0.4) is 0 Å². The van der Waals surface area contributed by atoms with Crippen LogP contribution in [-0.2, 0) is 21.9 Å². The molecule has 9 heteroatoms. The van der Waals surface area contributed by atoms with Crippen molar-refractivity contribution in [1.29, 1.82) is 0 Å². The highest BCUT2D eigenvalue weighted by atomic mass is 31.2. The number of nitrogens with two attached hydrogens (primary N) is 1. The van der Waals surface area contributed by atoms with E-state index < -0.39 is 13.4 Å². The number of ether oxygens (including phenoxy) is 2. The standard InChI is InChI=1S/C24H31FNO6P/c1-30-22-10-21(25)11-23(12-22)31-14-16-2-3-18-9-19(5-4-17(18)8-16)20-6-7-24(26,13-20)15-32-33(27,28)29/h4-5,9-12,16,20H,2-3,6-8,13-15,26H2,1H3,(H2,27,28,29)/t16-,20+,24-/m1/s1. The Hall–Kier alpha value is -1.96. The molecule has 4 N–H and O–H groups in total. The van der Waals surface area contributed by atoms with Gasteiger partial charge in [-0.3, -0.25) is 4.52 Å². The Morgan fingerprint density at radius 3 is 2.70 bits per heavy atom. The summed E-state index contributed by atoms with van der Waals surface area (Å²) in [6, 6.07) is 10.9. The minimum atomic E-state index is -4.52. The minimum Gasteiger partial charge on any atom is -0.497 e. The number of benzene rings is 2. The fraction of sp³-hybridized carbons (Fsp3) is 0.500. The summed E-state index contributed by atoms with van der Waals surface area (Å²) in [5.74, 6) is 1.14. The van der Waals surface area contributed by atoms with Crippen molar-refractivity contribution in [3.8, 4) is 11.5 Å². The van der Waals surface area contributed by atoms with Crippen LogP contribution in [0.5, 0.6) is 11.5 Å². The average Bonchev–Trinajstić information content (AvgIpc) is 3.17. The highest BCUT2D eigenvalue weighted by Gasteiger charge is 2.38. The van der Waals surface area contributed by atoms with Crippen molar-refractivity contribution in [2.75, 3.05) is 20.3 Å². The summed E-state index contributed by atoms with van der Waals surface area (Å²) in [7, 11) is -3.02. The van der Waals surface area contributed by atoms with Crippen molar-refractivity contribution in [1.82, 2.24) is 0 Å². The van der Waals surface area contributed by atoms with Crippen LogP contribution in [0.15, 0.2) is 36.4 Å². The molecule has 0 amide bonds. The lowest BCUT2D eigenvalue weighted by Crippen LogP contribution is -2.41. The first-order valence-corrected chi connectivity index (χ1v) is 12.7. The average molecular weight is 479 g/mol. The molecule has 2 aromatic carbocycles. The first kappa shape index (κ1) is 24.2. The molecule has 3 atom stereocenters. The van der Waals surface area contributed by atoms with E-state index in [4.69, 9.17) is 25.0 Å². The highest BCUT2D eigenvalue weighted by molar-refractivity contribution is 7.46. The molecule has 4 rings (SSSR count). The molecule has 2 aromatic rings. The summed E-state index contributed by atoms with van der Waals surface area (Å²) in [5, 5.41) is 0. The predicted octanol–water partition coefficient (Wildman–Crippen LogP) is 4.09. The van der Waals surface area contributed by atoms with E-state index in [0.29, 0.717) is 36.9 Å². The number of aryl methyl sites for hydroxylation is 1. The smallest absolute Gasteiger partial charge is 0.469 e. The molecule has 0 aliphatic heterocycles. The molecular weight excluding hydrogens is 448 g/mol. The third-order valence-electron chi connectivity index (χ3n) is 6.76. The van der Waals surface area contributed by atoms with Crippen LogP contribution in [0.1, 0.15) is 48.3 Å². The second kappa shape index (κ2) is 9.72. The lowest BCUT2D eigenvalue weighted by Gasteiger charge is -2.27. The zero-order valence-corrected chi connectivity index (χ0v) is 19.6. The van der Waals surface area contributed by atoms with Crippen molar-refractivity contribution >= 4 is 7.82 Å². The molecule has 0 spiro atoms. The highest BCUT2D eigenvalue weighted by Crippen LogP contribution is 2.44. The monoisotopic (exact) mass is 479 g/mol. The molecule has 1 fully saturated rings. The van der Waals surface area contributed by atoms with Gasteiger partial charge in [-0.05, 0) is 67.1 Å². The summed E-state index contributed by atoms with van der Waals surface area (Å²) in [4.78, 5) is 17.9. The van der Waals surface area contributed by atoms with Gasteiger partial charge in [0, 0.05) is 23.7 Å². The van der Waals surface area contributed by atoms with E-state index >= 15 is 0 Å². The van der Waals surface area contributed by atoms with Crippen LogP contribution in [0, 0.1) is 11.7 Å². The molecule has 0 heterocycles. The molecule has 180 valence electrons. The fourth-order valence-electron chi connectivity index (χ4n) is 4.98. The zero-order chi connectivity index (χ0) is 23.6. The largest absolute Gasteiger partial charge is 0.497 e. The lowest BCUT2D eigenvalue weighted by molar-refractivity contribution is 0.153. The molecule has 2 aliphatic rings. The van der Waals surface area contributed by atoms with E-state index in [9.17, 15) is 8.96 Å². The first-order valence-electron chi connectivity index (χ1n) is 11.2. The van der Waals surface area contributed by atoms with Gasteiger partial charge in [-0.2, -0.15) is 0 Å². The Bertz CT molecular complexity index is 1040. The van der Waals surface area contributed by atoms with E-state index in [-0.39, 0.29) is 18.3 Å². The van der Waals surface area contributed by atoms with Crippen LogP contribution < -0.4 is 15.2 Å². The quantitative estimate of drug-likeness (QED) is 0.489. The lowest BCUT2D eigenvalue weighted by atomic mass is 9.82. The van der Waals surface area contributed by atoms with Gasteiger partial charge in [0.05, 0.1) is 20.3 Å². The van der Waals surface area contributed by atoms with Crippen LogP contribution >= 0.6 is 7.82 Å². The first-order chi connectivity index (χ1) is 15.6. The Morgan fingerprint density at radius 2 is 1.94 bits per heavy atom. The van der Waals surface area contributed by atoms with Crippen LogP contribution in [0.25, 0.3) is 0 Å². The van der Waals surface area contributed by atoms with Gasteiger partial charge >= 0.3 is 7.82 Å². The van der Waals surface area contributed by atoms with Gasteiger partial charge in [0.1, 0.15) is 17.3 Å². The summed E-state index contributed by atoms with van der Waals surface area (Å²) in [6.07, 6.45) is 5.02. The Morgan fingerprint density at radius 1 is 1.15 bits per heavy atom. The fourth-order valence-corrected chi connectivity index (χ4v) is 5.41. The molecule has 1 saturated carbocycles. The van der Waals surface area contributed by atoms with Crippen LogP contribution in [-0.4, -0.2) is 35.6 Å². The molecular formula is C24H31FNO6P. The minimum absolute atomic E-state index is 0.141. The van der Waals surface area contributed by atoms with Crippen molar-refractivity contribution in [3.63, 3.8) is 0 Å². The molecule has 7 nitrogen and oxygen atoms in total. The number of phosphoric ester groups is 1. The Kier molecular flexibility index (Phi) is 7.12. The van der Waals surface area contributed by atoms with Gasteiger partial charge in [-0.25, -0.2) is 8.96 Å². The normalized spacial score (nSPS) is 25.0. The van der Waals surface area contributed by atoms with Gasteiger partial charge < -0.3 is 25.0 Å². The maximum atomic E-state index is 13.7. The van der Waals surface area contributed by atoms with Crippen molar-refractivity contribution in [3.05, 3.63) is 58.9 Å². The Balaban J connectivity index is 1.34. The van der Waals surface area contributed by atoms with Crippen molar-refractivity contribution < 1.29 is 32.7 Å². The third-order valence-corrected chi connectivity index (χ3v) is 7.23.